The lowest BCUT2D eigenvalue weighted by Crippen LogP contribution is -2.19. The van der Waals surface area contributed by atoms with Crippen molar-refractivity contribution in [2.75, 3.05) is 11.9 Å². The lowest BCUT2D eigenvalue weighted by Gasteiger charge is -2.14. The molecule has 1 aromatic rings. The van der Waals surface area contributed by atoms with E-state index in [1.54, 1.807) is 0 Å². The van der Waals surface area contributed by atoms with Crippen molar-refractivity contribution in [2.45, 2.75) is 12.5 Å². The van der Waals surface area contributed by atoms with E-state index in [9.17, 15) is 0 Å². The highest BCUT2D eigenvalue weighted by atomic mass is 35.5. The molecule has 13 heavy (non-hydrogen) atoms. The van der Waals surface area contributed by atoms with Crippen LogP contribution in [0, 0.1) is 5.56 Å². The van der Waals surface area contributed by atoms with E-state index < -0.39 is 0 Å². The van der Waals surface area contributed by atoms with Gasteiger partial charge in [-0.05, 0) is 18.6 Å². The van der Waals surface area contributed by atoms with Crippen LogP contribution in [0.2, 0.25) is 0 Å². The summed E-state index contributed by atoms with van der Waals surface area (Å²) in [4.78, 5) is 0. The van der Waals surface area contributed by atoms with E-state index in [4.69, 9.17) is 16.3 Å². The summed E-state index contributed by atoms with van der Waals surface area (Å²) in [6, 6.07) is 10.2. The van der Waals surface area contributed by atoms with Crippen LogP contribution < -0.4 is 5.32 Å². The smallest absolute Gasteiger partial charge is 0.206 e. The summed E-state index contributed by atoms with van der Waals surface area (Å²) < 4.78 is 5.16. The molecule has 1 unspecified atom stereocenters. The summed E-state index contributed by atoms with van der Waals surface area (Å²) in [5.74, 6) is 0. The van der Waals surface area contributed by atoms with Gasteiger partial charge >= 0.3 is 0 Å². The van der Waals surface area contributed by atoms with E-state index in [1.807, 2.05) is 30.3 Å². The average Bonchev–Trinajstić information content (AvgIpc) is 2.54. The first-order valence-electron chi connectivity index (χ1n) is 4.33. The fraction of sp³-hybridized carbons (Fsp3) is 0.300. The van der Waals surface area contributed by atoms with Crippen molar-refractivity contribution >= 4 is 17.3 Å². The molecule has 1 fully saturated rings. The molecular weight excluding hydrogens is 186 g/mol. The molecule has 0 bridgehead atoms. The molecule has 1 radical (unpaired) electrons. The van der Waals surface area contributed by atoms with Gasteiger partial charge in [0.15, 0.2) is 0 Å². The molecule has 1 N–H and O–H groups in total. The summed E-state index contributed by atoms with van der Waals surface area (Å²) >= 11 is 5.86. The minimum Gasteiger partial charge on any atom is -0.378 e. The van der Waals surface area contributed by atoms with Gasteiger partial charge in [0.05, 0.1) is 12.6 Å². The number of nitrogens with one attached hydrogen (secondary N) is 1. The van der Waals surface area contributed by atoms with Crippen molar-refractivity contribution in [1.82, 2.24) is 0 Å². The molecular formula is C10H11ClNO. The number of anilines is 1. The van der Waals surface area contributed by atoms with E-state index in [-0.39, 0.29) is 6.04 Å². The average molecular weight is 197 g/mol. The second kappa shape index (κ2) is 3.99. The maximum absolute atomic E-state index is 5.86. The number of hydrogen-bond acceptors (Lipinski definition) is 2. The third-order valence-electron chi connectivity index (χ3n) is 2.04. The third-order valence-corrected chi connectivity index (χ3v) is 2.41. The Morgan fingerprint density at radius 2 is 2.08 bits per heavy atom. The molecule has 1 aliphatic rings. The monoisotopic (exact) mass is 196 g/mol. The molecule has 0 saturated carbocycles. The highest BCUT2D eigenvalue weighted by Crippen LogP contribution is 2.27. The first-order chi connectivity index (χ1) is 6.36. The van der Waals surface area contributed by atoms with Gasteiger partial charge in [-0.3, -0.25) is 0 Å². The van der Waals surface area contributed by atoms with Crippen LogP contribution in [-0.2, 0) is 4.74 Å². The van der Waals surface area contributed by atoms with Gasteiger partial charge in [0, 0.05) is 5.69 Å². The van der Waals surface area contributed by atoms with Crippen LogP contribution >= 0.6 is 11.6 Å². The summed E-state index contributed by atoms with van der Waals surface area (Å²) in [6.45, 7) is 0.712. The molecule has 0 spiro atoms. The quantitative estimate of drug-likeness (QED) is 0.785. The van der Waals surface area contributed by atoms with Gasteiger partial charge in [0.25, 0.3) is 0 Å². The Kier molecular flexibility index (Phi) is 2.71. The fourth-order valence-electron chi connectivity index (χ4n) is 1.35. The second-order valence-corrected chi connectivity index (χ2v) is 3.38. The maximum Gasteiger partial charge on any atom is 0.206 e. The third kappa shape index (κ3) is 2.14. The zero-order valence-electron chi connectivity index (χ0n) is 7.16. The van der Waals surface area contributed by atoms with Gasteiger partial charge in [0.1, 0.15) is 0 Å². The predicted octanol–water partition coefficient (Wildman–Crippen LogP) is 2.62. The highest BCUT2D eigenvalue weighted by Gasteiger charge is 2.27. The molecule has 0 aromatic heterocycles. The summed E-state index contributed by atoms with van der Waals surface area (Å²) in [5.41, 5.74) is 1.65. The van der Waals surface area contributed by atoms with Crippen LogP contribution in [0.4, 0.5) is 5.69 Å². The Labute approximate surface area is 82.9 Å². The highest BCUT2D eigenvalue weighted by molar-refractivity contribution is 6.26. The Hall–Kier alpha value is -0.730. The van der Waals surface area contributed by atoms with E-state index in [0.29, 0.717) is 12.2 Å². The Bertz CT molecular complexity index is 265. The largest absolute Gasteiger partial charge is 0.378 e. The van der Waals surface area contributed by atoms with Crippen LogP contribution in [0.1, 0.15) is 6.42 Å². The first-order valence-corrected chi connectivity index (χ1v) is 4.71. The SMILES string of the molecule is Cl[C]1OCCC1Nc1ccccc1. The standard InChI is InChI=1S/C10H11ClNO/c11-10-9(6-7-13-10)12-8-4-2-1-3-5-8/h1-5,9,12H,6-7H2. The van der Waals surface area contributed by atoms with Crippen molar-refractivity contribution in [3.63, 3.8) is 0 Å². The molecule has 3 heteroatoms. The lowest BCUT2D eigenvalue weighted by atomic mass is 10.2. The van der Waals surface area contributed by atoms with Crippen LogP contribution in [-0.4, -0.2) is 12.6 Å². The van der Waals surface area contributed by atoms with Crippen molar-refractivity contribution in [2.24, 2.45) is 0 Å². The Morgan fingerprint density at radius 1 is 1.31 bits per heavy atom. The van der Waals surface area contributed by atoms with Gasteiger partial charge in [-0.15, -0.1) is 0 Å². The number of hydrogen-bond donors (Lipinski definition) is 1. The van der Waals surface area contributed by atoms with Crippen LogP contribution in [0.3, 0.4) is 0 Å². The number of rotatable bonds is 2. The maximum atomic E-state index is 5.86. The molecule has 2 nitrogen and oxygen atoms in total. The van der Waals surface area contributed by atoms with Gasteiger partial charge in [-0.25, -0.2) is 0 Å². The van der Waals surface area contributed by atoms with Gasteiger partial charge < -0.3 is 10.1 Å². The number of benzene rings is 1. The topological polar surface area (TPSA) is 21.3 Å². The van der Waals surface area contributed by atoms with Crippen molar-refractivity contribution in [1.29, 1.82) is 0 Å². The molecule has 0 aliphatic carbocycles. The van der Waals surface area contributed by atoms with Gasteiger partial charge in [-0.2, -0.15) is 0 Å². The van der Waals surface area contributed by atoms with E-state index in [2.05, 4.69) is 5.32 Å². The van der Waals surface area contributed by atoms with E-state index in [0.717, 1.165) is 12.1 Å². The summed E-state index contributed by atoms with van der Waals surface area (Å²) in [7, 11) is 0. The molecule has 1 aliphatic heterocycles. The Morgan fingerprint density at radius 3 is 2.69 bits per heavy atom. The number of halogens is 1. The summed E-state index contributed by atoms with van der Waals surface area (Å²) in [5, 5.41) is 3.30. The predicted molar refractivity (Wildman–Crippen MR) is 53.5 cm³/mol. The van der Waals surface area contributed by atoms with Crippen LogP contribution in [0.25, 0.3) is 0 Å². The second-order valence-electron chi connectivity index (χ2n) is 3.00. The van der Waals surface area contributed by atoms with Crippen LogP contribution in [0.15, 0.2) is 30.3 Å². The minimum atomic E-state index is 0.157. The molecule has 69 valence electrons. The minimum absolute atomic E-state index is 0.157. The normalized spacial score (nSPS) is 23.3. The number of para-hydroxylation sites is 1. The van der Waals surface area contributed by atoms with Crippen molar-refractivity contribution < 1.29 is 4.74 Å². The molecule has 1 atom stereocenters. The number of ether oxygens (including phenoxy) is 1. The van der Waals surface area contributed by atoms with E-state index in [1.165, 1.54) is 0 Å². The lowest BCUT2D eigenvalue weighted by molar-refractivity contribution is 0.235. The summed E-state index contributed by atoms with van der Waals surface area (Å²) in [6.07, 6.45) is 0.938. The van der Waals surface area contributed by atoms with Crippen molar-refractivity contribution in [3.8, 4) is 0 Å². The fourth-order valence-corrected chi connectivity index (χ4v) is 1.59. The molecule has 0 amide bonds. The first kappa shape index (κ1) is 8.85. The molecule has 1 saturated heterocycles. The zero-order valence-corrected chi connectivity index (χ0v) is 7.92. The molecule has 1 aromatic carbocycles. The van der Waals surface area contributed by atoms with Crippen LogP contribution in [0.5, 0.6) is 0 Å². The van der Waals surface area contributed by atoms with Crippen molar-refractivity contribution in [3.05, 3.63) is 35.9 Å². The van der Waals surface area contributed by atoms with Gasteiger partial charge in [0.2, 0.25) is 5.56 Å². The van der Waals surface area contributed by atoms with Gasteiger partial charge in [-0.1, -0.05) is 29.8 Å². The zero-order chi connectivity index (χ0) is 9.10. The van der Waals surface area contributed by atoms with E-state index >= 15 is 0 Å². The Balaban J connectivity index is 1.98. The molecule has 1 heterocycles. The molecule has 2 rings (SSSR count).